The lowest BCUT2D eigenvalue weighted by atomic mass is 10.2. The fraction of sp³-hybridized carbons (Fsp3) is 0.0417. The van der Waals surface area contributed by atoms with E-state index >= 15 is 0 Å². The van der Waals surface area contributed by atoms with Crippen molar-refractivity contribution in [2.24, 2.45) is 5.10 Å². The lowest BCUT2D eigenvalue weighted by Gasteiger charge is -2.06. The van der Waals surface area contributed by atoms with Crippen LogP contribution in [0.15, 0.2) is 77.9 Å². The predicted molar refractivity (Wildman–Crippen MR) is 127 cm³/mol. The molecule has 0 saturated carbocycles. The number of nitro benzene ring substituents is 1. The number of hydrogen-bond donors (Lipinski definition) is 1. The van der Waals surface area contributed by atoms with Gasteiger partial charge in [0.25, 0.3) is 11.6 Å². The summed E-state index contributed by atoms with van der Waals surface area (Å²) in [5.41, 5.74) is 3.66. The van der Waals surface area contributed by atoms with Gasteiger partial charge in [-0.2, -0.15) is 5.10 Å². The van der Waals surface area contributed by atoms with Crippen LogP contribution in [-0.2, 0) is 4.79 Å². The minimum Gasteiger partial charge on any atom is -0.497 e. The Labute approximate surface area is 199 Å². The Kier molecular flexibility index (Phi) is 8.09. The van der Waals surface area contributed by atoms with Crippen LogP contribution in [0.2, 0.25) is 5.02 Å². The normalized spacial score (nSPS) is 10.9. The number of nitrogens with one attached hydrogen (secondary N) is 1. The highest BCUT2D eigenvalue weighted by molar-refractivity contribution is 6.31. The molecule has 3 rings (SSSR count). The van der Waals surface area contributed by atoms with Crippen molar-refractivity contribution in [1.29, 1.82) is 0 Å². The van der Waals surface area contributed by atoms with E-state index in [0.717, 1.165) is 0 Å². The summed E-state index contributed by atoms with van der Waals surface area (Å²) in [6, 6.07) is 16.7. The number of nitro groups is 1. The second-order valence-electron chi connectivity index (χ2n) is 6.71. The van der Waals surface area contributed by atoms with E-state index in [4.69, 9.17) is 21.1 Å². The third-order valence-electron chi connectivity index (χ3n) is 4.42. The molecule has 0 saturated heterocycles. The molecule has 0 radical (unpaired) electrons. The first-order valence-corrected chi connectivity index (χ1v) is 10.1. The Morgan fingerprint density at radius 3 is 2.41 bits per heavy atom. The van der Waals surface area contributed by atoms with Crippen molar-refractivity contribution in [2.45, 2.75) is 0 Å². The third-order valence-corrected chi connectivity index (χ3v) is 4.66. The maximum atomic E-state index is 12.2. The van der Waals surface area contributed by atoms with Gasteiger partial charge in [-0.3, -0.25) is 14.9 Å². The van der Waals surface area contributed by atoms with Crippen molar-refractivity contribution in [2.75, 3.05) is 7.11 Å². The van der Waals surface area contributed by atoms with E-state index in [-0.39, 0.29) is 11.4 Å². The van der Waals surface area contributed by atoms with Crippen LogP contribution in [0.4, 0.5) is 5.69 Å². The number of halogens is 1. The molecule has 0 aliphatic rings. The van der Waals surface area contributed by atoms with Crippen LogP contribution in [0.5, 0.6) is 11.5 Å². The summed E-state index contributed by atoms with van der Waals surface area (Å²) in [5.74, 6) is -0.332. The average Bonchev–Trinajstić information content (AvgIpc) is 2.84. The number of methoxy groups -OCH3 is 1. The van der Waals surface area contributed by atoms with Gasteiger partial charge in [-0.15, -0.1) is 0 Å². The van der Waals surface area contributed by atoms with Crippen molar-refractivity contribution in [3.63, 3.8) is 0 Å². The van der Waals surface area contributed by atoms with Gasteiger partial charge in [0.05, 0.1) is 18.2 Å². The maximum absolute atomic E-state index is 12.2. The number of ether oxygens (including phenoxy) is 2. The number of nitrogens with zero attached hydrogens (tertiary/aromatic N) is 2. The molecule has 3 aromatic carbocycles. The highest BCUT2D eigenvalue weighted by Gasteiger charge is 2.09. The Balaban J connectivity index is 1.65. The summed E-state index contributed by atoms with van der Waals surface area (Å²) in [4.78, 5) is 34.7. The van der Waals surface area contributed by atoms with Gasteiger partial charge in [0.1, 0.15) is 11.5 Å². The van der Waals surface area contributed by atoms with Gasteiger partial charge >= 0.3 is 5.97 Å². The predicted octanol–water partition coefficient (Wildman–Crippen LogP) is 4.64. The molecule has 0 aliphatic heterocycles. The zero-order valence-electron chi connectivity index (χ0n) is 17.8. The van der Waals surface area contributed by atoms with Gasteiger partial charge in [0, 0.05) is 34.4 Å². The molecule has 1 N–H and O–H groups in total. The zero-order valence-corrected chi connectivity index (χ0v) is 18.6. The first-order valence-electron chi connectivity index (χ1n) is 9.77. The SMILES string of the molecule is COc1ccc(C(=O)N/N=C/c2cc(Cl)ccc2OC(=O)/C=C/c2ccc([N+](=O)[O-])cc2)cc1. The molecular formula is C24H18ClN3O6. The first kappa shape index (κ1) is 24.1. The van der Waals surface area contributed by atoms with Gasteiger partial charge in [-0.1, -0.05) is 11.6 Å². The Hall–Kier alpha value is -4.50. The number of benzene rings is 3. The summed E-state index contributed by atoms with van der Waals surface area (Å²) < 4.78 is 10.4. The van der Waals surface area contributed by atoms with E-state index in [0.29, 0.717) is 27.5 Å². The smallest absolute Gasteiger partial charge is 0.336 e. The van der Waals surface area contributed by atoms with Crippen LogP contribution in [-0.4, -0.2) is 30.1 Å². The molecule has 9 nitrogen and oxygen atoms in total. The number of hydrazone groups is 1. The average molecular weight is 480 g/mol. The molecule has 0 fully saturated rings. The number of hydrogen-bond acceptors (Lipinski definition) is 7. The quantitative estimate of drug-likeness (QED) is 0.125. The molecule has 172 valence electrons. The second-order valence-corrected chi connectivity index (χ2v) is 7.15. The maximum Gasteiger partial charge on any atom is 0.336 e. The summed E-state index contributed by atoms with van der Waals surface area (Å²) in [5, 5.41) is 15.0. The zero-order chi connectivity index (χ0) is 24.5. The summed E-state index contributed by atoms with van der Waals surface area (Å²) in [6.45, 7) is 0. The molecule has 0 spiro atoms. The van der Waals surface area contributed by atoms with Crippen LogP contribution in [0.3, 0.4) is 0 Å². The van der Waals surface area contributed by atoms with Gasteiger partial charge in [-0.05, 0) is 66.2 Å². The van der Waals surface area contributed by atoms with Crippen LogP contribution in [0.25, 0.3) is 6.08 Å². The molecule has 0 aliphatic carbocycles. The van der Waals surface area contributed by atoms with Crippen molar-refractivity contribution < 1.29 is 24.0 Å². The molecule has 10 heteroatoms. The van der Waals surface area contributed by atoms with Crippen LogP contribution >= 0.6 is 11.6 Å². The van der Waals surface area contributed by atoms with Gasteiger partial charge in [0.15, 0.2) is 0 Å². The van der Waals surface area contributed by atoms with Crippen molar-refractivity contribution >= 4 is 41.5 Å². The van der Waals surface area contributed by atoms with E-state index in [2.05, 4.69) is 10.5 Å². The number of esters is 1. The minimum absolute atomic E-state index is 0.0519. The Morgan fingerprint density at radius 2 is 1.76 bits per heavy atom. The van der Waals surface area contributed by atoms with Gasteiger partial charge < -0.3 is 9.47 Å². The Bertz CT molecular complexity index is 1250. The molecular weight excluding hydrogens is 462 g/mol. The summed E-state index contributed by atoms with van der Waals surface area (Å²) in [6.07, 6.45) is 3.95. The Morgan fingerprint density at radius 1 is 1.06 bits per heavy atom. The van der Waals surface area contributed by atoms with Crippen LogP contribution < -0.4 is 14.9 Å². The highest BCUT2D eigenvalue weighted by atomic mass is 35.5. The second kappa shape index (κ2) is 11.4. The van der Waals surface area contributed by atoms with E-state index in [9.17, 15) is 19.7 Å². The van der Waals surface area contributed by atoms with E-state index in [1.54, 1.807) is 24.3 Å². The molecule has 0 unspecified atom stereocenters. The van der Waals surface area contributed by atoms with Crippen LogP contribution in [0, 0.1) is 10.1 Å². The fourth-order valence-electron chi connectivity index (χ4n) is 2.69. The van der Waals surface area contributed by atoms with Gasteiger partial charge in [0.2, 0.25) is 0 Å². The van der Waals surface area contributed by atoms with Crippen molar-refractivity contribution in [1.82, 2.24) is 5.43 Å². The van der Waals surface area contributed by atoms with Gasteiger partial charge in [-0.25, -0.2) is 10.2 Å². The summed E-state index contributed by atoms with van der Waals surface area (Å²) in [7, 11) is 1.53. The number of carbonyl (C=O) groups is 2. The first-order chi connectivity index (χ1) is 16.4. The van der Waals surface area contributed by atoms with Crippen molar-refractivity contribution in [3.8, 4) is 11.5 Å². The lowest BCUT2D eigenvalue weighted by Crippen LogP contribution is -2.17. The molecule has 3 aromatic rings. The molecule has 0 bridgehead atoms. The molecule has 1 amide bonds. The molecule has 0 atom stereocenters. The van der Waals surface area contributed by atoms with Crippen molar-refractivity contribution in [3.05, 3.63) is 105 Å². The summed E-state index contributed by atoms with van der Waals surface area (Å²) >= 11 is 6.03. The molecule has 34 heavy (non-hydrogen) atoms. The number of non-ortho nitro benzene ring substituents is 1. The van der Waals surface area contributed by atoms with E-state index in [1.807, 2.05) is 0 Å². The number of amides is 1. The minimum atomic E-state index is -0.683. The standard InChI is InChI=1S/C24H18ClN3O6/c1-33-21-10-5-17(6-11-21)24(30)27-26-15-18-14-19(25)7-12-22(18)34-23(29)13-4-16-2-8-20(9-3-16)28(31)32/h2-15H,1H3,(H,27,30)/b13-4+,26-15+. The fourth-order valence-corrected chi connectivity index (χ4v) is 2.87. The third kappa shape index (κ3) is 6.75. The molecule has 0 heterocycles. The van der Waals surface area contributed by atoms with E-state index < -0.39 is 16.8 Å². The topological polar surface area (TPSA) is 120 Å². The molecule has 0 aromatic heterocycles. The number of rotatable bonds is 8. The monoisotopic (exact) mass is 479 g/mol. The van der Waals surface area contributed by atoms with Crippen LogP contribution in [0.1, 0.15) is 21.5 Å². The highest BCUT2D eigenvalue weighted by Crippen LogP contribution is 2.22. The lowest BCUT2D eigenvalue weighted by molar-refractivity contribution is -0.384. The largest absolute Gasteiger partial charge is 0.497 e. The number of carbonyl (C=O) groups excluding carboxylic acids is 2. The van der Waals surface area contributed by atoms with E-state index in [1.165, 1.54) is 67.9 Å².